The minimum absolute atomic E-state index is 0.0985. The maximum absolute atomic E-state index is 13.4. The fourth-order valence-electron chi connectivity index (χ4n) is 5.25. The number of hydrogen-bond acceptors (Lipinski definition) is 3. The van der Waals surface area contributed by atoms with Crippen molar-refractivity contribution in [3.05, 3.63) is 35.4 Å². The zero-order chi connectivity index (χ0) is 24.4. The van der Waals surface area contributed by atoms with Crippen LogP contribution < -0.4 is 5.32 Å². The molecule has 3 rings (SSSR count). The number of carbonyl (C=O) groups excluding carboxylic acids is 2. The highest BCUT2D eigenvalue weighted by molar-refractivity contribution is 5.94. The van der Waals surface area contributed by atoms with E-state index in [-0.39, 0.29) is 41.9 Å². The quantitative estimate of drug-likeness (QED) is 0.630. The van der Waals surface area contributed by atoms with Gasteiger partial charge in [-0.25, -0.2) is 4.79 Å². The van der Waals surface area contributed by atoms with Gasteiger partial charge in [0.2, 0.25) is 0 Å². The van der Waals surface area contributed by atoms with Crippen molar-refractivity contribution < 1.29 is 19.5 Å². The Hall–Kier alpha value is -2.57. The van der Waals surface area contributed by atoms with Crippen molar-refractivity contribution in [3.63, 3.8) is 0 Å². The number of carbonyl (C=O) groups is 3. The smallest absolute Gasteiger partial charge is 0.321 e. The number of nitrogens with one attached hydrogen (secondary N) is 1. The minimum Gasteiger partial charge on any atom is -0.481 e. The zero-order valence-corrected chi connectivity index (χ0v) is 20.7. The highest BCUT2D eigenvalue weighted by Crippen LogP contribution is 2.47. The second-order valence-electron chi connectivity index (χ2n) is 11.1. The van der Waals surface area contributed by atoms with E-state index in [1.54, 1.807) is 12.1 Å². The zero-order valence-electron chi connectivity index (χ0n) is 20.7. The van der Waals surface area contributed by atoms with Gasteiger partial charge >= 0.3 is 12.0 Å². The predicted molar refractivity (Wildman–Crippen MR) is 128 cm³/mol. The maximum Gasteiger partial charge on any atom is 0.321 e. The Labute approximate surface area is 197 Å². The van der Waals surface area contributed by atoms with Gasteiger partial charge in [0, 0.05) is 31.2 Å². The first-order valence-corrected chi connectivity index (χ1v) is 12.1. The van der Waals surface area contributed by atoms with E-state index < -0.39 is 5.97 Å². The van der Waals surface area contributed by atoms with Crippen LogP contribution in [0.15, 0.2) is 24.3 Å². The van der Waals surface area contributed by atoms with Gasteiger partial charge in [-0.2, -0.15) is 0 Å². The Balaban J connectivity index is 1.72. The average molecular weight is 458 g/mol. The fourth-order valence-corrected chi connectivity index (χ4v) is 5.25. The molecule has 1 aliphatic carbocycles. The molecule has 182 valence electrons. The van der Waals surface area contributed by atoms with Crippen LogP contribution in [0.3, 0.4) is 0 Å². The molecule has 2 aliphatic rings. The van der Waals surface area contributed by atoms with E-state index in [2.05, 4.69) is 44.8 Å². The Morgan fingerprint density at radius 1 is 1.15 bits per heavy atom. The van der Waals surface area contributed by atoms with E-state index in [1.165, 1.54) is 0 Å². The van der Waals surface area contributed by atoms with Crippen LogP contribution in [0, 0.1) is 11.3 Å². The standard InChI is InChI=1S/C26H39N3O4/c1-18(2)28-17-26(13-10-21(11-14-26)25(3,4)5)29(24(28)33)16-19-6-8-20(9-7-19)23(32)27-15-12-22(30)31/h6-9,18,21H,10-17H2,1-5H3,(H,27,32)(H,30,31). The maximum atomic E-state index is 13.4. The molecular weight excluding hydrogens is 418 g/mol. The third kappa shape index (κ3) is 5.68. The molecule has 7 nitrogen and oxygen atoms in total. The second kappa shape index (κ2) is 9.74. The van der Waals surface area contributed by atoms with Crippen molar-refractivity contribution in [1.82, 2.24) is 15.1 Å². The molecule has 0 atom stereocenters. The van der Waals surface area contributed by atoms with Crippen molar-refractivity contribution in [2.24, 2.45) is 11.3 Å². The topological polar surface area (TPSA) is 89.9 Å². The lowest BCUT2D eigenvalue weighted by atomic mass is 9.67. The van der Waals surface area contributed by atoms with Gasteiger partial charge in [-0.15, -0.1) is 0 Å². The van der Waals surface area contributed by atoms with Crippen LogP contribution >= 0.6 is 0 Å². The van der Waals surface area contributed by atoms with Crippen molar-refractivity contribution >= 4 is 17.9 Å². The van der Waals surface area contributed by atoms with Gasteiger partial charge < -0.3 is 20.2 Å². The van der Waals surface area contributed by atoms with E-state index >= 15 is 0 Å². The molecule has 1 aromatic carbocycles. The van der Waals surface area contributed by atoms with Crippen molar-refractivity contribution in [3.8, 4) is 0 Å². The first kappa shape index (κ1) is 25.1. The summed E-state index contributed by atoms with van der Waals surface area (Å²) in [6.45, 7) is 12.5. The molecule has 1 saturated heterocycles. The Morgan fingerprint density at radius 2 is 1.76 bits per heavy atom. The number of aliphatic carboxylic acids is 1. The van der Waals surface area contributed by atoms with Crippen LogP contribution in [-0.2, 0) is 11.3 Å². The van der Waals surface area contributed by atoms with Crippen molar-refractivity contribution in [2.75, 3.05) is 13.1 Å². The number of urea groups is 1. The second-order valence-corrected chi connectivity index (χ2v) is 11.1. The Bertz CT molecular complexity index is 865. The summed E-state index contributed by atoms with van der Waals surface area (Å²) in [5.41, 5.74) is 1.64. The van der Waals surface area contributed by atoms with Crippen LogP contribution in [0.2, 0.25) is 0 Å². The van der Waals surface area contributed by atoms with E-state index in [0.29, 0.717) is 18.0 Å². The first-order chi connectivity index (χ1) is 15.4. The summed E-state index contributed by atoms with van der Waals surface area (Å²) in [5.74, 6) is -0.558. The minimum atomic E-state index is -0.943. The molecule has 2 fully saturated rings. The summed E-state index contributed by atoms with van der Waals surface area (Å²) in [4.78, 5) is 40.3. The van der Waals surface area contributed by atoms with Gasteiger partial charge in [0.1, 0.15) is 0 Å². The highest BCUT2D eigenvalue weighted by atomic mass is 16.4. The molecule has 1 heterocycles. The van der Waals surface area contributed by atoms with Gasteiger partial charge in [0.15, 0.2) is 0 Å². The Morgan fingerprint density at radius 3 is 2.27 bits per heavy atom. The molecule has 1 aromatic rings. The number of carboxylic acid groups (broad SMARTS) is 1. The molecular formula is C26H39N3O4. The van der Waals surface area contributed by atoms with E-state index in [0.717, 1.165) is 37.8 Å². The molecule has 0 unspecified atom stereocenters. The van der Waals surface area contributed by atoms with Crippen molar-refractivity contribution in [2.45, 2.75) is 84.8 Å². The first-order valence-electron chi connectivity index (χ1n) is 12.1. The van der Waals surface area contributed by atoms with Crippen LogP contribution in [-0.4, -0.2) is 57.5 Å². The lowest BCUT2D eigenvalue weighted by Crippen LogP contribution is -2.50. The number of carboxylic acids is 1. The van der Waals surface area contributed by atoms with E-state index in [9.17, 15) is 14.4 Å². The number of nitrogens with zero attached hydrogens (tertiary/aromatic N) is 2. The third-order valence-corrected chi connectivity index (χ3v) is 7.46. The lowest BCUT2D eigenvalue weighted by Gasteiger charge is -2.45. The summed E-state index contributed by atoms with van der Waals surface area (Å²) >= 11 is 0. The normalized spacial score (nSPS) is 23.5. The monoisotopic (exact) mass is 457 g/mol. The largest absolute Gasteiger partial charge is 0.481 e. The van der Waals surface area contributed by atoms with Gasteiger partial charge in [-0.05, 0) is 68.6 Å². The van der Waals surface area contributed by atoms with Gasteiger partial charge in [-0.3, -0.25) is 9.59 Å². The number of rotatable bonds is 7. The number of hydrogen-bond donors (Lipinski definition) is 2. The summed E-state index contributed by atoms with van der Waals surface area (Å²) < 4.78 is 0. The summed E-state index contributed by atoms with van der Waals surface area (Å²) in [6.07, 6.45) is 4.21. The molecule has 2 N–H and O–H groups in total. The van der Waals surface area contributed by atoms with Crippen LogP contribution in [0.1, 0.15) is 82.6 Å². The van der Waals surface area contributed by atoms with Crippen LogP contribution in [0.5, 0.6) is 0 Å². The van der Waals surface area contributed by atoms with Gasteiger partial charge in [0.25, 0.3) is 5.91 Å². The molecule has 0 aromatic heterocycles. The van der Waals surface area contributed by atoms with Crippen LogP contribution in [0.25, 0.3) is 0 Å². The number of amides is 3. The van der Waals surface area contributed by atoms with E-state index in [1.807, 2.05) is 17.0 Å². The molecule has 7 heteroatoms. The highest BCUT2D eigenvalue weighted by Gasteiger charge is 2.52. The molecule has 0 bridgehead atoms. The Kier molecular flexibility index (Phi) is 7.39. The molecule has 1 aliphatic heterocycles. The van der Waals surface area contributed by atoms with Gasteiger partial charge in [-0.1, -0.05) is 32.9 Å². The summed E-state index contributed by atoms with van der Waals surface area (Å²) in [7, 11) is 0. The molecule has 33 heavy (non-hydrogen) atoms. The lowest BCUT2D eigenvalue weighted by molar-refractivity contribution is -0.136. The molecule has 0 radical (unpaired) electrons. The third-order valence-electron chi connectivity index (χ3n) is 7.46. The molecule has 1 spiro atoms. The molecule has 1 saturated carbocycles. The van der Waals surface area contributed by atoms with Crippen LogP contribution in [0.4, 0.5) is 4.79 Å². The summed E-state index contributed by atoms with van der Waals surface area (Å²) in [6, 6.07) is 7.55. The van der Waals surface area contributed by atoms with E-state index in [4.69, 9.17) is 5.11 Å². The van der Waals surface area contributed by atoms with Crippen molar-refractivity contribution in [1.29, 1.82) is 0 Å². The SMILES string of the molecule is CC(C)N1CC2(CCC(C(C)(C)C)CC2)N(Cc2ccc(C(=O)NCCC(=O)O)cc2)C1=O. The van der Waals surface area contributed by atoms with Gasteiger partial charge in [0.05, 0.1) is 12.0 Å². The summed E-state index contributed by atoms with van der Waals surface area (Å²) in [5, 5.41) is 11.3. The molecule has 3 amide bonds. The average Bonchev–Trinajstić information content (AvgIpc) is 3.00. The fraction of sp³-hybridized carbons (Fsp3) is 0.654. The number of benzene rings is 1. The predicted octanol–water partition coefficient (Wildman–Crippen LogP) is 4.51.